The molecule has 6 nitrogen and oxygen atoms in total. The van der Waals surface area contributed by atoms with Gasteiger partial charge in [0.15, 0.2) is 6.10 Å². The summed E-state index contributed by atoms with van der Waals surface area (Å²) >= 11 is 7.43. The first-order valence-electron chi connectivity index (χ1n) is 6.90. The summed E-state index contributed by atoms with van der Waals surface area (Å²) in [7, 11) is 0. The monoisotopic (exact) mass is 358 g/mol. The Hall–Kier alpha value is -1.73. The Morgan fingerprint density at radius 2 is 1.87 bits per heavy atom. The first-order chi connectivity index (χ1) is 10.7. The lowest BCUT2D eigenvalue weighted by Crippen LogP contribution is -2.46. The summed E-state index contributed by atoms with van der Waals surface area (Å²) in [5.74, 6) is -1.44. The van der Waals surface area contributed by atoms with Gasteiger partial charge in [-0.25, -0.2) is 9.59 Å². The molecule has 0 aromatic heterocycles. The van der Waals surface area contributed by atoms with Crippen LogP contribution in [-0.4, -0.2) is 36.3 Å². The Labute approximate surface area is 144 Å². The standard InChI is InChI=1S/C15H19ClN2O4S/c1-8(2)17-15(21)18-13(19)9(3)22-14(20)11-7-10(23-4)5-6-12(11)16/h5-9H,1-4H3,(H2,17,18,19,21). The maximum atomic E-state index is 12.1. The molecule has 0 saturated heterocycles. The molecule has 1 unspecified atom stereocenters. The van der Waals surface area contributed by atoms with E-state index in [1.807, 2.05) is 6.26 Å². The predicted octanol–water partition coefficient (Wildman–Crippen LogP) is 2.84. The molecule has 0 radical (unpaired) electrons. The number of carbonyl (C=O) groups is 3. The molecule has 2 N–H and O–H groups in total. The van der Waals surface area contributed by atoms with E-state index in [1.165, 1.54) is 18.7 Å². The van der Waals surface area contributed by atoms with Crippen LogP contribution in [0.3, 0.4) is 0 Å². The number of urea groups is 1. The van der Waals surface area contributed by atoms with Crippen molar-refractivity contribution in [3.05, 3.63) is 28.8 Å². The van der Waals surface area contributed by atoms with Gasteiger partial charge in [0.05, 0.1) is 10.6 Å². The van der Waals surface area contributed by atoms with Gasteiger partial charge in [0, 0.05) is 10.9 Å². The Morgan fingerprint density at radius 1 is 1.22 bits per heavy atom. The van der Waals surface area contributed by atoms with Gasteiger partial charge in [-0.15, -0.1) is 11.8 Å². The van der Waals surface area contributed by atoms with Gasteiger partial charge in [0.1, 0.15) is 0 Å². The number of esters is 1. The van der Waals surface area contributed by atoms with Gasteiger partial charge < -0.3 is 10.1 Å². The van der Waals surface area contributed by atoms with Crippen LogP contribution >= 0.6 is 23.4 Å². The number of nitrogens with one attached hydrogen (secondary N) is 2. The lowest BCUT2D eigenvalue weighted by molar-refractivity contribution is -0.127. The van der Waals surface area contributed by atoms with E-state index in [-0.39, 0.29) is 16.6 Å². The molecule has 1 aromatic rings. The second-order valence-electron chi connectivity index (χ2n) is 5.01. The first-order valence-corrected chi connectivity index (χ1v) is 8.50. The van der Waals surface area contributed by atoms with Crippen LogP contribution in [0.1, 0.15) is 31.1 Å². The van der Waals surface area contributed by atoms with Crippen LogP contribution in [0.25, 0.3) is 0 Å². The minimum atomic E-state index is -1.13. The Bertz CT molecular complexity index is 607. The van der Waals surface area contributed by atoms with Crippen LogP contribution in [-0.2, 0) is 9.53 Å². The Morgan fingerprint density at radius 3 is 2.43 bits per heavy atom. The highest BCUT2D eigenvalue weighted by atomic mass is 35.5. The number of hydrogen-bond acceptors (Lipinski definition) is 5. The Balaban J connectivity index is 2.69. The summed E-state index contributed by atoms with van der Waals surface area (Å²) in [5.41, 5.74) is 0.171. The molecule has 3 amide bonds. The molecule has 0 spiro atoms. The van der Waals surface area contributed by atoms with Gasteiger partial charge in [0.25, 0.3) is 5.91 Å². The second-order valence-corrected chi connectivity index (χ2v) is 6.30. The molecule has 8 heteroatoms. The lowest BCUT2D eigenvalue weighted by Gasteiger charge is -2.15. The number of rotatable bonds is 5. The SMILES string of the molecule is CSc1ccc(Cl)c(C(=O)OC(C)C(=O)NC(=O)NC(C)C)c1. The Kier molecular flexibility index (Phi) is 7.38. The lowest BCUT2D eigenvalue weighted by atomic mass is 10.2. The van der Waals surface area contributed by atoms with Gasteiger partial charge >= 0.3 is 12.0 Å². The smallest absolute Gasteiger partial charge is 0.340 e. The highest BCUT2D eigenvalue weighted by molar-refractivity contribution is 7.98. The summed E-state index contributed by atoms with van der Waals surface area (Å²) in [6, 6.07) is 4.19. The molecule has 0 aliphatic rings. The van der Waals surface area contributed by atoms with Gasteiger partial charge in [-0.1, -0.05) is 11.6 Å². The molecule has 23 heavy (non-hydrogen) atoms. The maximum Gasteiger partial charge on any atom is 0.340 e. The molecular weight excluding hydrogens is 340 g/mol. The molecule has 0 aliphatic carbocycles. The number of benzene rings is 1. The van der Waals surface area contributed by atoms with Crippen molar-refractivity contribution >= 4 is 41.3 Å². The average molecular weight is 359 g/mol. The number of amides is 3. The summed E-state index contributed by atoms with van der Waals surface area (Å²) in [6.07, 6.45) is 0.733. The van der Waals surface area contributed by atoms with Crippen molar-refractivity contribution in [3.8, 4) is 0 Å². The predicted molar refractivity (Wildman–Crippen MR) is 89.9 cm³/mol. The van der Waals surface area contributed by atoms with Crippen LogP contribution < -0.4 is 10.6 Å². The largest absolute Gasteiger partial charge is 0.449 e. The summed E-state index contributed by atoms with van der Waals surface area (Å²) in [6.45, 7) is 4.89. The zero-order valence-electron chi connectivity index (χ0n) is 13.3. The van der Waals surface area contributed by atoms with Crippen LogP contribution in [0, 0.1) is 0 Å². The van der Waals surface area contributed by atoms with E-state index >= 15 is 0 Å². The van der Waals surface area contributed by atoms with E-state index in [0.29, 0.717) is 0 Å². The maximum absolute atomic E-state index is 12.1. The second kappa shape index (κ2) is 8.79. The van der Waals surface area contributed by atoms with Crippen molar-refractivity contribution < 1.29 is 19.1 Å². The third-order valence-corrected chi connectivity index (χ3v) is 3.76. The third kappa shape index (κ3) is 6.11. The van der Waals surface area contributed by atoms with E-state index in [1.54, 1.807) is 32.0 Å². The van der Waals surface area contributed by atoms with Crippen molar-refractivity contribution in [1.82, 2.24) is 10.6 Å². The highest BCUT2D eigenvalue weighted by Gasteiger charge is 2.22. The number of hydrogen-bond donors (Lipinski definition) is 2. The number of halogens is 1. The van der Waals surface area contributed by atoms with Gasteiger partial charge in [0.2, 0.25) is 0 Å². The molecule has 1 rings (SSSR count). The van der Waals surface area contributed by atoms with Crippen molar-refractivity contribution in [3.63, 3.8) is 0 Å². The van der Waals surface area contributed by atoms with Crippen LogP contribution in [0.4, 0.5) is 4.79 Å². The minimum absolute atomic E-state index is 0.117. The van der Waals surface area contributed by atoms with Crippen molar-refractivity contribution in [2.24, 2.45) is 0 Å². The molecule has 0 fully saturated rings. The fourth-order valence-corrected chi connectivity index (χ4v) is 2.21. The number of ether oxygens (including phenoxy) is 1. The summed E-state index contributed by atoms with van der Waals surface area (Å²) in [4.78, 5) is 36.2. The quantitative estimate of drug-likeness (QED) is 0.624. The third-order valence-electron chi connectivity index (χ3n) is 2.70. The molecule has 0 bridgehead atoms. The number of thioether (sulfide) groups is 1. The van der Waals surface area contributed by atoms with E-state index < -0.39 is 24.0 Å². The van der Waals surface area contributed by atoms with E-state index in [0.717, 1.165) is 4.90 Å². The molecule has 0 saturated carbocycles. The van der Waals surface area contributed by atoms with E-state index in [2.05, 4.69) is 10.6 Å². The molecule has 0 aliphatic heterocycles. The van der Waals surface area contributed by atoms with Crippen LogP contribution in [0.5, 0.6) is 0 Å². The van der Waals surface area contributed by atoms with Crippen LogP contribution in [0.15, 0.2) is 23.1 Å². The van der Waals surface area contributed by atoms with E-state index in [9.17, 15) is 14.4 Å². The number of carbonyl (C=O) groups excluding carboxylic acids is 3. The van der Waals surface area contributed by atoms with Crippen LogP contribution in [0.2, 0.25) is 5.02 Å². The zero-order chi connectivity index (χ0) is 17.6. The molecule has 1 aromatic carbocycles. The van der Waals surface area contributed by atoms with Gasteiger partial charge in [-0.05, 0) is 45.2 Å². The van der Waals surface area contributed by atoms with Crippen molar-refractivity contribution in [2.75, 3.05) is 6.26 Å². The average Bonchev–Trinajstić information content (AvgIpc) is 2.46. The fourth-order valence-electron chi connectivity index (χ4n) is 1.58. The topological polar surface area (TPSA) is 84.5 Å². The minimum Gasteiger partial charge on any atom is -0.449 e. The normalized spacial score (nSPS) is 11.7. The summed E-state index contributed by atoms with van der Waals surface area (Å²) in [5, 5.41) is 4.84. The summed E-state index contributed by atoms with van der Waals surface area (Å²) < 4.78 is 5.06. The molecule has 1 atom stereocenters. The van der Waals surface area contributed by atoms with E-state index in [4.69, 9.17) is 16.3 Å². The molecule has 126 valence electrons. The first kappa shape index (κ1) is 19.3. The van der Waals surface area contributed by atoms with Crippen molar-refractivity contribution in [1.29, 1.82) is 0 Å². The zero-order valence-corrected chi connectivity index (χ0v) is 14.9. The number of imide groups is 1. The molecular formula is C15H19ClN2O4S. The highest BCUT2D eigenvalue weighted by Crippen LogP contribution is 2.24. The molecule has 0 heterocycles. The fraction of sp³-hybridized carbons (Fsp3) is 0.400. The van der Waals surface area contributed by atoms with Crippen molar-refractivity contribution in [2.45, 2.75) is 37.8 Å². The van der Waals surface area contributed by atoms with Gasteiger partial charge in [-0.3, -0.25) is 10.1 Å². The van der Waals surface area contributed by atoms with Gasteiger partial charge in [-0.2, -0.15) is 0 Å².